The first-order valence-corrected chi connectivity index (χ1v) is 24.1. The van der Waals surface area contributed by atoms with Gasteiger partial charge >= 0.3 is 6.18 Å². The second-order valence-electron chi connectivity index (χ2n) is 18.3. The highest BCUT2D eigenvalue weighted by molar-refractivity contribution is 6.14. The minimum Gasteiger partial charge on any atom is -0.309 e. The van der Waals surface area contributed by atoms with Gasteiger partial charge in [0.2, 0.25) is 0 Å². The minimum atomic E-state index is -4.63. The van der Waals surface area contributed by atoms with Crippen LogP contribution in [-0.4, -0.2) is 28.7 Å². The molecule has 4 heterocycles. The first-order chi connectivity index (χ1) is 35.9. The largest absolute Gasteiger partial charge is 0.417 e. The predicted octanol–water partition coefficient (Wildman–Crippen LogP) is 16.8. The molecule has 0 aliphatic carbocycles. The summed E-state index contributed by atoms with van der Waals surface area (Å²) in [6, 6.07) is 77.6. The maximum absolute atomic E-state index is 15.1. The Bertz CT molecular complexity index is 4160. The van der Waals surface area contributed by atoms with Crippen molar-refractivity contribution in [2.45, 2.75) is 6.18 Å². The summed E-state index contributed by atoms with van der Waals surface area (Å²) in [5, 5.41) is 6.67. The van der Waals surface area contributed by atoms with Crippen LogP contribution in [-0.2, 0) is 6.18 Å². The van der Waals surface area contributed by atoms with Crippen molar-refractivity contribution in [3.05, 3.63) is 242 Å². The standard InChI is InChI=1S/C64H39F3N6/c65-64(66,67)54-26-12-7-21-46(54)45-34-31-42(39-53(45)63-69-61(40-17-3-1-4-18-40)68-62(70-63)41-19-5-2-6-20-41)73-59-35-32-43(71-55-27-13-8-22-47(55)48-23-9-14-28-56(48)71)37-51(59)52-38-44(33-36-60(52)73)72-57-29-15-10-24-49(57)50-25-11-16-30-58(50)72/h1-39H. The third-order valence-electron chi connectivity index (χ3n) is 14.1. The van der Waals surface area contributed by atoms with Crippen LogP contribution in [0, 0.1) is 0 Å². The molecule has 0 saturated carbocycles. The number of fused-ring (bicyclic) bond motifs is 9. The maximum Gasteiger partial charge on any atom is 0.417 e. The van der Waals surface area contributed by atoms with Crippen LogP contribution in [0.25, 0.3) is 128 Å². The third-order valence-corrected chi connectivity index (χ3v) is 14.1. The second-order valence-corrected chi connectivity index (χ2v) is 18.3. The van der Waals surface area contributed by atoms with E-state index in [9.17, 15) is 0 Å². The molecular formula is C64H39F3N6. The van der Waals surface area contributed by atoms with Gasteiger partial charge in [-0.05, 0) is 90.0 Å². The molecule has 0 N–H and O–H groups in total. The van der Waals surface area contributed by atoms with E-state index in [0.29, 0.717) is 22.8 Å². The summed E-state index contributed by atoms with van der Waals surface area (Å²) < 4.78 is 52.0. The van der Waals surface area contributed by atoms with Crippen molar-refractivity contribution in [1.29, 1.82) is 0 Å². The van der Waals surface area contributed by atoms with Crippen molar-refractivity contribution in [3.8, 4) is 62.4 Å². The Morgan fingerprint density at radius 1 is 0.274 bits per heavy atom. The van der Waals surface area contributed by atoms with Crippen molar-refractivity contribution in [1.82, 2.24) is 28.7 Å². The molecule has 0 fully saturated rings. The van der Waals surface area contributed by atoms with E-state index in [4.69, 9.17) is 15.0 Å². The maximum atomic E-state index is 15.1. The Morgan fingerprint density at radius 3 is 1.08 bits per heavy atom. The third kappa shape index (κ3) is 6.84. The fourth-order valence-electron chi connectivity index (χ4n) is 10.9. The highest BCUT2D eigenvalue weighted by Gasteiger charge is 2.34. The molecule has 14 rings (SSSR count). The first kappa shape index (κ1) is 42.3. The Labute approximate surface area is 416 Å². The van der Waals surface area contributed by atoms with Crippen LogP contribution >= 0.6 is 0 Å². The van der Waals surface area contributed by atoms with Crippen molar-refractivity contribution >= 4 is 65.4 Å². The Balaban J connectivity index is 1.06. The molecule has 73 heavy (non-hydrogen) atoms. The van der Waals surface area contributed by atoms with Gasteiger partial charge in [-0.3, -0.25) is 0 Å². The fraction of sp³-hybridized carbons (Fsp3) is 0.0156. The lowest BCUT2D eigenvalue weighted by Crippen LogP contribution is -2.08. The molecular weight excluding hydrogens is 910 g/mol. The van der Waals surface area contributed by atoms with Crippen LogP contribution in [0.2, 0.25) is 0 Å². The smallest absolute Gasteiger partial charge is 0.309 e. The van der Waals surface area contributed by atoms with Crippen LogP contribution in [0.1, 0.15) is 5.56 Å². The van der Waals surface area contributed by atoms with E-state index < -0.39 is 11.7 Å². The zero-order valence-corrected chi connectivity index (χ0v) is 38.8. The molecule has 0 radical (unpaired) electrons. The van der Waals surface area contributed by atoms with Gasteiger partial charge in [0.05, 0.1) is 38.7 Å². The van der Waals surface area contributed by atoms with E-state index in [2.05, 4.69) is 147 Å². The van der Waals surface area contributed by atoms with Crippen LogP contribution in [0.4, 0.5) is 13.2 Å². The van der Waals surface area contributed by atoms with E-state index >= 15 is 13.2 Å². The molecule has 0 bridgehead atoms. The van der Waals surface area contributed by atoms with Crippen LogP contribution < -0.4 is 0 Å². The Kier molecular flexibility index (Phi) is 9.56. The van der Waals surface area contributed by atoms with Gasteiger partial charge in [0.1, 0.15) is 0 Å². The molecule has 0 aliphatic heterocycles. The summed E-state index contributed by atoms with van der Waals surface area (Å²) >= 11 is 0. The average molecular weight is 949 g/mol. The summed E-state index contributed by atoms with van der Waals surface area (Å²) in [6.07, 6.45) is -4.63. The lowest BCUT2D eigenvalue weighted by atomic mass is 9.94. The molecule has 10 aromatic carbocycles. The van der Waals surface area contributed by atoms with E-state index in [1.54, 1.807) is 12.1 Å². The number of para-hydroxylation sites is 4. The average Bonchev–Trinajstić information content (AvgIpc) is 4.08. The molecule has 0 atom stereocenters. The molecule has 0 aliphatic rings. The number of halogens is 3. The molecule has 0 saturated heterocycles. The number of hydrogen-bond acceptors (Lipinski definition) is 3. The van der Waals surface area contributed by atoms with Crippen molar-refractivity contribution in [3.63, 3.8) is 0 Å². The van der Waals surface area contributed by atoms with Gasteiger partial charge < -0.3 is 13.7 Å². The monoisotopic (exact) mass is 948 g/mol. The number of nitrogens with zero attached hydrogens (tertiary/aromatic N) is 6. The predicted molar refractivity (Wildman–Crippen MR) is 290 cm³/mol. The van der Waals surface area contributed by atoms with Gasteiger partial charge in [-0.15, -0.1) is 0 Å². The van der Waals surface area contributed by atoms with E-state index in [-0.39, 0.29) is 11.4 Å². The zero-order valence-electron chi connectivity index (χ0n) is 38.8. The Hall–Kier alpha value is -9.60. The molecule has 4 aromatic heterocycles. The molecule has 9 heteroatoms. The summed E-state index contributed by atoms with van der Waals surface area (Å²) in [5.74, 6) is 1.04. The van der Waals surface area contributed by atoms with Crippen molar-refractivity contribution in [2.75, 3.05) is 0 Å². The summed E-state index contributed by atoms with van der Waals surface area (Å²) in [5.41, 5.74) is 10.5. The van der Waals surface area contributed by atoms with E-state index in [1.165, 1.54) is 12.1 Å². The number of aromatic nitrogens is 6. The molecule has 14 aromatic rings. The topological polar surface area (TPSA) is 53.5 Å². The van der Waals surface area contributed by atoms with Gasteiger partial charge in [-0.25, -0.2) is 15.0 Å². The SMILES string of the molecule is FC(F)(F)c1ccccc1-c1ccc(-n2c3ccc(-n4c5ccccc5c5ccccc54)cc3c3cc(-n4c5ccccc5c5ccccc54)ccc32)cc1-c1nc(-c2ccccc2)nc(-c2ccccc2)n1. The van der Waals surface area contributed by atoms with Crippen LogP contribution in [0.5, 0.6) is 0 Å². The number of benzene rings is 10. The highest BCUT2D eigenvalue weighted by Crippen LogP contribution is 2.44. The molecule has 346 valence electrons. The van der Waals surface area contributed by atoms with Crippen molar-refractivity contribution < 1.29 is 13.2 Å². The summed E-state index contributed by atoms with van der Waals surface area (Å²) in [7, 11) is 0. The molecule has 6 nitrogen and oxygen atoms in total. The molecule has 0 unspecified atom stereocenters. The second kappa shape index (κ2) is 16.5. The first-order valence-electron chi connectivity index (χ1n) is 24.1. The number of hydrogen-bond donors (Lipinski definition) is 0. The lowest BCUT2D eigenvalue weighted by Gasteiger charge is -2.18. The quantitative estimate of drug-likeness (QED) is 0.160. The summed E-state index contributed by atoms with van der Waals surface area (Å²) in [4.78, 5) is 15.1. The lowest BCUT2D eigenvalue weighted by molar-refractivity contribution is -0.137. The normalized spacial score (nSPS) is 12.0. The van der Waals surface area contributed by atoms with Crippen molar-refractivity contribution in [2.24, 2.45) is 0 Å². The van der Waals surface area contributed by atoms with Gasteiger partial charge in [-0.1, -0.05) is 158 Å². The fourth-order valence-corrected chi connectivity index (χ4v) is 10.9. The highest BCUT2D eigenvalue weighted by atomic mass is 19.4. The van der Waals surface area contributed by atoms with Gasteiger partial charge in [0, 0.05) is 66.1 Å². The molecule has 0 amide bonds. The van der Waals surface area contributed by atoms with Crippen LogP contribution in [0.15, 0.2) is 237 Å². The van der Waals surface area contributed by atoms with Gasteiger partial charge in [0.25, 0.3) is 0 Å². The zero-order chi connectivity index (χ0) is 48.8. The minimum absolute atomic E-state index is 0.0216. The van der Waals surface area contributed by atoms with E-state index in [0.717, 1.165) is 99.7 Å². The van der Waals surface area contributed by atoms with Gasteiger partial charge in [0.15, 0.2) is 17.5 Å². The molecule has 0 spiro atoms. The number of alkyl halides is 3. The van der Waals surface area contributed by atoms with Gasteiger partial charge in [-0.2, -0.15) is 13.2 Å². The van der Waals surface area contributed by atoms with E-state index in [1.807, 2.05) is 72.8 Å². The number of rotatable bonds is 7. The van der Waals surface area contributed by atoms with Crippen LogP contribution in [0.3, 0.4) is 0 Å². The summed E-state index contributed by atoms with van der Waals surface area (Å²) in [6.45, 7) is 0. The Morgan fingerprint density at radius 2 is 0.630 bits per heavy atom.